The predicted molar refractivity (Wildman–Crippen MR) is 107 cm³/mol. The minimum Gasteiger partial charge on any atom is -0.493 e. The Hall–Kier alpha value is -2.29. The van der Waals surface area contributed by atoms with E-state index in [2.05, 4.69) is 5.16 Å². The van der Waals surface area contributed by atoms with Crippen LogP contribution in [-0.4, -0.2) is 70.4 Å². The van der Waals surface area contributed by atoms with E-state index in [9.17, 15) is 13.2 Å². The second-order valence-corrected chi connectivity index (χ2v) is 9.35. The van der Waals surface area contributed by atoms with Gasteiger partial charge in [-0.1, -0.05) is 19.0 Å². The quantitative estimate of drug-likeness (QED) is 0.453. The molecular formula is C19H28N2O6S. The summed E-state index contributed by atoms with van der Waals surface area (Å²) in [5.41, 5.74) is 0.728. The Morgan fingerprint density at radius 2 is 2.00 bits per heavy atom. The Balaban J connectivity index is 1.96. The van der Waals surface area contributed by atoms with Crippen LogP contribution in [0.3, 0.4) is 0 Å². The zero-order chi connectivity index (χ0) is 20.7. The Kier molecular flexibility index (Phi) is 7.68. The van der Waals surface area contributed by atoms with Crippen molar-refractivity contribution >= 4 is 22.0 Å². The number of benzene rings is 1. The van der Waals surface area contributed by atoms with Gasteiger partial charge in [-0.2, -0.15) is 0 Å². The van der Waals surface area contributed by atoms with Crippen molar-refractivity contribution in [3.63, 3.8) is 0 Å². The van der Waals surface area contributed by atoms with Gasteiger partial charge in [-0.3, -0.25) is 4.79 Å². The highest BCUT2D eigenvalue weighted by Crippen LogP contribution is 2.26. The summed E-state index contributed by atoms with van der Waals surface area (Å²) in [5.74, 6) is 1.26. The molecule has 0 spiro atoms. The molecule has 0 unspecified atom stereocenters. The highest BCUT2D eigenvalue weighted by Gasteiger charge is 2.34. The molecule has 1 aromatic carbocycles. The molecule has 1 aromatic rings. The molecule has 1 atom stereocenters. The Bertz CT molecular complexity index is 807. The standard InChI is InChI=1S/C19H28N2O6S/c1-14(2)11-21(16-7-8-28(23,24)13-16)19(22)12-27-20-10-15-5-6-17(25-3)18(9-15)26-4/h5-6,9-10,14,16H,7-8,11-13H2,1-4H3/b20-10-/t16-/m0/s1. The molecule has 0 N–H and O–H groups in total. The number of methoxy groups -OCH3 is 2. The Labute approximate surface area is 166 Å². The molecule has 28 heavy (non-hydrogen) atoms. The van der Waals surface area contributed by atoms with Crippen LogP contribution in [0.1, 0.15) is 25.8 Å². The predicted octanol–water partition coefficient (Wildman–Crippen LogP) is 1.73. The summed E-state index contributed by atoms with van der Waals surface area (Å²) in [6.45, 7) is 4.22. The van der Waals surface area contributed by atoms with Crippen molar-refractivity contribution in [1.29, 1.82) is 0 Å². The first-order chi connectivity index (χ1) is 13.3. The molecular weight excluding hydrogens is 384 g/mol. The third-order valence-corrected chi connectivity index (χ3v) is 6.15. The number of oxime groups is 1. The van der Waals surface area contributed by atoms with Crippen LogP contribution in [0, 0.1) is 5.92 Å². The largest absolute Gasteiger partial charge is 0.493 e. The van der Waals surface area contributed by atoms with Crippen LogP contribution >= 0.6 is 0 Å². The van der Waals surface area contributed by atoms with Gasteiger partial charge in [-0.05, 0) is 30.5 Å². The summed E-state index contributed by atoms with van der Waals surface area (Å²) in [5, 5.41) is 3.84. The number of nitrogens with zero attached hydrogens (tertiary/aromatic N) is 2. The van der Waals surface area contributed by atoms with Gasteiger partial charge in [0.15, 0.2) is 27.9 Å². The van der Waals surface area contributed by atoms with Crippen LogP contribution in [0.15, 0.2) is 23.4 Å². The highest BCUT2D eigenvalue weighted by molar-refractivity contribution is 7.91. The first kappa shape index (κ1) is 22.0. The maximum absolute atomic E-state index is 12.6. The maximum atomic E-state index is 12.6. The van der Waals surface area contributed by atoms with Gasteiger partial charge in [0, 0.05) is 18.2 Å². The number of carbonyl (C=O) groups is 1. The van der Waals surface area contributed by atoms with Crippen molar-refractivity contribution in [3.05, 3.63) is 23.8 Å². The zero-order valence-electron chi connectivity index (χ0n) is 16.8. The third-order valence-electron chi connectivity index (χ3n) is 4.40. The lowest BCUT2D eigenvalue weighted by Crippen LogP contribution is -2.44. The fourth-order valence-electron chi connectivity index (χ4n) is 3.08. The molecule has 0 bridgehead atoms. The van der Waals surface area contributed by atoms with E-state index < -0.39 is 9.84 Å². The molecule has 1 saturated heterocycles. The van der Waals surface area contributed by atoms with E-state index in [1.807, 2.05) is 13.8 Å². The van der Waals surface area contributed by atoms with E-state index in [1.54, 1.807) is 37.3 Å². The summed E-state index contributed by atoms with van der Waals surface area (Å²) < 4.78 is 33.9. The molecule has 9 heteroatoms. The maximum Gasteiger partial charge on any atom is 0.263 e. The SMILES string of the molecule is COc1ccc(/C=N\OCC(=O)N(CC(C)C)[C@H]2CCS(=O)(=O)C2)cc1OC. The van der Waals surface area contributed by atoms with Gasteiger partial charge in [0.1, 0.15) is 0 Å². The summed E-state index contributed by atoms with van der Waals surface area (Å²) in [4.78, 5) is 19.3. The number of rotatable bonds is 9. The van der Waals surface area contributed by atoms with Crippen molar-refractivity contribution in [2.45, 2.75) is 26.3 Å². The number of hydrogen-bond donors (Lipinski definition) is 0. The molecule has 1 aliphatic rings. The number of ether oxygens (including phenoxy) is 2. The molecule has 1 fully saturated rings. The van der Waals surface area contributed by atoms with Crippen LogP contribution in [0.5, 0.6) is 11.5 Å². The van der Waals surface area contributed by atoms with Crippen molar-refractivity contribution in [3.8, 4) is 11.5 Å². The van der Waals surface area contributed by atoms with Gasteiger partial charge >= 0.3 is 0 Å². The smallest absolute Gasteiger partial charge is 0.263 e. The Morgan fingerprint density at radius 3 is 2.57 bits per heavy atom. The fourth-order valence-corrected chi connectivity index (χ4v) is 4.81. The monoisotopic (exact) mass is 412 g/mol. The van der Waals surface area contributed by atoms with Crippen molar-refractivity contribution in [2.75, 3.05) is 38.9 Å². The lowest BCUT2D eigenvalue weighted by molar-refractivity contribution is -0.138. The van der Waals surface area contributed by atoms with Crippen LogP contribution in [0.4, 0.5) is 0 Å². The molecule has 8 nitrogen and oxygen atoms in total. The third kappa shape index (κ3) is 6.12. The summed E-state index contributed by atoms with van der Waals surface area (Å²) in [7, 11) is 0.0267. The molecule has 2 rings (SSSR count). The lowest BCUT2D eigenvalue weighted by Gasteiger charge is -2.29. The van der Waals surface area contributed by atoms with Gasteiger partial charge in [0.2, 0.25) is 0 Å². The zero-order valence-corrected chi connectivity index (χ0v) is 17.6. The summed E-state index contributed by atoms with van der Waals surface area (Å²) >= 11 is 0. The molecule has 1 amide bonds. The number of amides is 1. The Morgan fingerprint density at radius 1 is 1.29 bits per heavy atom. The average Bonchev–Trinajstić information content (AvgIpc) is 3.02. The fraction of sp³-hybridized carbons (Fsp3) is 0.579. The molecule has 1 aliphatic heterocycles. The average molecular weight is 413 g/mol. The van der Waals surface area contributed by atoms with E-state index in [0.29, 0.717) is 24.5 Å². The van der Waals surface area contributed by atoms with Crippen molar-refractivity contribution in [1.82, 2.24) is 4.90 Å². The van der Waals surface area contributed by atoms with E-state index in [1.165, 1.54) is 6.21 Å². The van der Waals surface area contributed by atoms with Crippen molar-refractivity contribution in [2.24, 2.45) is 11.1 Å². The molecule has 0 aromatic heterocycles. The second kappa shape index (κ2) is 9.77. The van der Waals surface area contributed by atoms with E-state index >= 15 is 0 Å². The highest BCUT2D eigenvalue weighted by atomic mass is 32.2. The first-order valence-corrected chi connectivity index (χ1v) is 10.9. The molecule has 0 radical (unpaired) electrons. The lowest BCUT2D eigenvalue weighted by atomic mass is 10.1. The molecule has 0 aliphatic carbocycles. The van der Waals surface area contributed by atoms with Crippen LogP contribution in [-0.2, 0) is 19.5 Å². The number of sulfone groups is 1. The van der Waals surface area contributed by atoms with E-state index in [-0.39, 0.29) is 36.0 Å². The minimum absolute atomic E-state index is 0.0143. The number of carbonyl (C=O) groups excluding carboxylic acids is 1. The number of hydrogen-bond acceptors (Lipinski definition) is 7. The van der Waals surface area contributed by atoms with Gasteiger partial charge in [-0.15, -0.1) is 0 Å². The van der Waals surface area contributed by atoms with Gasteiger partial charge in [0.05, 0.1) is 31.9 Å². The van der Waals surface area contributed by atoms with Crippen LogP contribution in [0.25, 0.3) is 0 Å². The van der Waals surface area contributed by atoms with E-state index in [0.717, 1.165) is 5.56 Å². The van der Waals surface area contributed by atoms with Crippen LogP contribution in [0.2, 0.25) is 0 Å². The normalized spacial score (nSPS) is 18.4. The molecule has 156 valence electrons. The van der Waals surface area contributed by atoms with Gasteiger partial charge in [-0.25, -0.2) is 8.42 Å². The molecule has 1 heterocycles. The van der Waals surface area contributed by atoms with Crippen molar-refractivity contribution < 1.29 is 27.5 Å². The first-order valence-electron chi connectivity index (χ1n) is 9.13. The topological polar surface area (TPSA) is 94.5 Å². The second-order valence-electron chi connectivity index (χ2n) is 7.12. The van der Waals surface area contributed by atoms with Gasteiger partial charge in [0.25, 0.3) is 5.91 Å². The van der Waals surface area contributed by atoms with E-state index in [4.69, 9.17) is 14.3 Å². The van der Waals surface area contributed by atoms with Crippen LogP contribution < -0.4 is 9.47 Å². The van der Waals surface area contributed by atoms with Gasteiger partial charge < -0.3 is 19.2 Å². The summed E-state index contributed by atoms with van der Waals surface area (Å²) in [6, 6.07) is 4.97. The molecule has 0 saturated carbocycles. The minimum atomic E-state index is -3.07. The summed E-state index contributed by atoms with van der Waals surface area (Å²) in [6.07, 6.45) is 1.94.